The number of ether oxygens (including phenoxy) is 1. The average molecular weight is 408 g/mol. The van der Waals surface area contributed by atoms with Crippen LogP contribution >= 0.6 is 11.6 Å². The number of hydrogen-bond donors (Lipinski definition) is 2. The first-order valence-electron chi connectivity index (χ1n) is 9.41. The van der Waals surface area contributed by atoms with E-state index in [9.17, 15) is 14.4 Å². The van der Waals surface area contributed by atoms with Crippen molar-refractivity contribution < 1.29 is 24.0 Å². The molecular formula is C19H24ClN4O4+. The molecule has 0 aliphatic carbocycles. The molecule has 28 heavy (non-hydrogen) atoms. The van der Waals surface area contributed by atoms with Crippen molar-refractivity contribution in [2.75, 3.05) is 51.8 Å². The molecule has 3 heterocycles. The second-order valence-electron chi connectivity index (χ2n) is 7.71. The number of piperazine rings is 1. The zero-order valence-electron chi connectivity index (χ0n) is 16.0. The summed E-state index contributed by atoms with van der Waals surface area (Å²) in [5, 5.41) is 2.95. The van der Waals surface area contributed by atoms with E-state index in [-0.39, 0.29) is 25.6 Å². The molecule has 0 radical (unpaired) electrons. The quantitative estimate of drug-likeness (QED) is 0.648. The van der Waals surface area contributed by atoms with Gasteiger partial charge in [0, 0.05) is 24.2 Å². The van der Waals surface area contributed by atoms with Crippen molar-refractivity contribution in [2.24, 2.45) is 5.41 Å². The molecule has 0 bridgehead atoms. The highest BCUT2D eigenvalue weighted by atomic mass is 35.5. The van der Waals surface area contributed by atoms with Crippen LogP contribution in [-0.4, -0.2) is 75.7 Å². The largest absolute Gasteiger partial charge is 0.383 e. The zero-order valence-corrected chi connectivity index (χ0v) is 16.7. The first kappa shape index (κ1) is 19.2. The highest BCUT2D eigenvalue weighted by Gasteiger charge is 2.63. The van der Waals surface area contributed by atoms with Gasteiger partial charge in [0.2, 0.25) is 11.8 Å². The maximum Gasteiger partial charge on any atom is 0.330 e. The van der Waals surface area contributed by atoms with Gasteiger partial charge in [-0.25, -0.2) is 4.79 Å². The van der Waals surface area contributed by atoms with Crippen LogP contribution in [0.1, 0.15) is 5.56 Å². The number of carbonyl (C=O) groups is 3. The number of hydrogen-bond acceptors (Lipinski definition) is 5. The van der Waals surface area contributed by atoms with Gasteiger partial charge in [-0.1, -0.05) is 17.7 Å². The number of likely N-dealkylation sites (N-methyl/N-ethyl adjacent to an activating group) is 1. The topological polar surface area (TPSA) is 83.4 Å². The van der Waals surface area contributed by atoms with Crippen LogP contribution < -0.4 is 15.1 Å². The molecule has 9 heteroatoms. The molecule has 1 aromatic carbocycles. The highest BCUT2D eigenvalue weighted by Crippen LogP contribution is 2.46. The van der Waals surface area contributed by atoms with Crippen molar-refractivity contribution >= 4 is 35.1 Å². The van der Waals surface area contributed by atoms with Crippen LogP contribution in [0.25, 0.3) is 0 Å². The molecule has 4 amide bonds. The van der Waals surface area contributed by atoms with Crippen molar-refractivity contribution in [2.45, 2.75) is 12.5 Å². The summed E-state index contributed by atoms with van der Waals surface area (Å²) in [6.07, 6.45) is 0.178. The third-order valence-electron chi connectivity index (χ3n) is 6.14. The molecule has 3 atom stereocenters. The van der Waals surface area contributed by atoms with Gasteiger partial charge >= 0.3 is 6.03 Å². The summed E-state index contributed by atoms with van der Waals surface area (Å²) >= 11 is 6.47. The van der Waals surface area contributed by atoms with Gasteiger partial charge < -0.3 is 14.5 Å². The van der Waals surface area contributed by atoms with Gasteiger partial charge in [0.05, 0.1) is 39.8 Å². The van der Waals surface area contributed by atoms with Crippen molar-refractivity contribution in [3.63, 3.8) is 0 Å². The van der Waals surface area contributed by atoms with E-state index in [0.717, 1.165) is 22.7 Å². The Morgan fingerprint density at radius 2 is 2.14 bits per heavy atom. The Balaban J connectivity index is 1.85. The lowest BCUT2D eigenvalue weighted by Crippen LogP contribution is -3.14. The molecule has 0 saturated carbocycles. The maximum absolute atomic E-state index is 13.6. The number of nitrogens with zero attached hydrogens (tertiary/aromatic N) is 2. The molecule has 3 aliphatic rings. The Labute approximate surface area is 168 Å². The molecule has 1 aromatic rings. The first-order valence-corrected chi connectivity index (χ1v) is 9.79. The van der Waals surface area contributed by atoms with Crippen LogP contribution in [0, 0.1) is 5.41 Å². The average Bonchev–Trinajstić information content (AvgIpc) is 2.66. The summed E-state index contributed by atoms with van der Waals surface area (Å²) in [7, 11) is 3.56. The fourth-order valence-corrected chi connectivity index (χ4v) is 4.90. The number of urea groups is 1. The van der Waals surface area contributed by atoms with Gasteiger partial charge in [-0.05, 0) is 17.7 Å². The standard InChI is InChI=1S/C19H23ClN4O4/c1-22-6-7-23-14-5-3-4-13(20)12(14)10-19(15(23)11-22)16(25)21-18(27)24(17(19)26)8-9-28-2/h3-5,15H,6-11H2,1-2H3,(H,21,25,27)/p+1/t15-,19+/m0/s1. The second kappa shape index (κ2) is 7.02. The summed E-state index contributed by atoms with van der Waals surface area (Å²) in [5.74, 6) is -1.000. The minimum Gasteiger partial charge on any atom is -0.383 e. The molecule has 2 fully saturated rings. The molecule has 1 unspecified atom stereocenters. The third kappa shape index (κ3) is 2.70. The van der Waals surface area contributed by atoms with Crippen LogP contribution in [0.15, 0.2) is 18.2 Å². The Kier molecular flexibility index (Phi) is 4.81. The van der Waals surface area contributed by atoms with Gasteiger partial charge in [-0.2, -0.15) is 0 Å². The summed E-state index contributed by atoms with van der Waals surface area (Å²) in [6.45, 7) is 2.53. The number of imide groups is 2. The van der Waals surface area contributed by atoms with Crippen molar-refractivity contribution in [1.29, 1.82) is 0 Å². The summed E-state index contributed by atoms with van der Waals surface area (Å²) in [6, 6.07) is 4.61. The number of amides is 4. The maximum atomic E-state index is 13.6. The normalized spacial score (nSPS) is 29.6. The molecule has 4 rings (SSSR count). The predicted molar refractivity (Wildman–Crippen MR) is 102 cm³/mol. The number of benzene rings is 1. The summed E-state index contributed by atoms with van der Waals surface area (Å²) < 4.78 is 5.05. The van der Waals surface area contributed by atoms with Crippen LogP contribution in [0.2, 0.25) is 5.02 Å². The lowest BCUT2D eigenvalue weighted by molar-refractivity contribution is -0.883. The monoisotopic (exact) mass is 407 g/mol. The van der Waals surface area contributed by atoms with E-state index in [2.05, 4.69) is 17.3 Å². The fraction of sp³-hybridized carbons (Fsp3) is 0.526. The van der Waals surface area contributed by atoms with Gasteiger partial charge in [0.1, 0.15) is 6.04 Å². The molecule has 8 nitrogen and oxygen atoms in total. The molecule has 2 N–H and O–H groups in total. The number of anilines is 1. The van der Waals surface area contributed by atoms with E-state index in [1.165, 1.54) is 12.0 Å². The highest BCUT2D eigenvalue weighted by molar-refractivity contribution is 6.32. The minimum absolute atomic E-state index is 0.0982. The number of rotatable bonds is 3. The minimum atomic E-state index is -1.39. The third-order valence-corrected chi connectivity index (χ3v) is 6.50. The zero-order chi connectivity index (χ0) is 20.1. The van der Waals surface area contributed by atoms with Crippen molar-refractivity contribution in [3.05, 3.63) is 28.8 Å². The van der Waals surface area contributed by atoms with Crippen LogP contribution in [0.5, 0.6) is 0 Å². The SMILES string of the molecule is COCCN1C(=O)NC(=O)[C@]2(Cc3c(Cl)cccc3N3CC[NH+](C)C[C@H]32)C1=O. The van der Waals surface area contributed by atoms with E-state index in [1.807, 2.05) is 12.1 Å². The Morgan fingerprint density at radius 1 is 1.36 bits per heavy atom. The summed E-state index contributed by atoms with van der Waals surface area (Å²) in [5.41, 5.74) is 0.363. The van der Waals surface area contributed by atoms with Gasteiger partial charge in [0.15, 0.2) is 5.41 Å². The number of barbiturate groups is 1. The molecule has 2 saturated heterocycles. The van der Waals surface area contributed by atoms with Crippen molar-refractivity contribution in [3.8, 4) is 0 Å². The number of methoxy groups -OCH3 is 1. The number of nitrogens with one attached hydrogen (secondary N) is 2. The van der Waals surface area contributed by atoms with Crippen molar-refractivity contribution in [1.82, 2.24) is 10.2 Å². The smallest absolute Gasteiger partial charge is 0.330 e. The molecule has 1 spiro atoms. The number of halogens is 1. The summed E-state index contributed by atoms with van der Waals surface area (Å²) in [4.78, 5) is 43.7. The van der Waals surface area contributed by atoms with E-state index >= 15 is 0 Å². The lowest BCUT2D eigenvalue weighted by Gasteiger charge is -2.53. The van der Waals surface area contributed by atoms with Crippen LogP contribution in [0.4, 0.5) is 10.5 Å². The van der Waals surface area contributed by atoms with E-state index in [4.69, 9.17) is 16.3 Å². The number of quaternary nitrogens is 1. The van der Waals surface area contributed by atoms with Crippen LogP contribution in [-0.2, 0) is 20.7 Å². The van der Waals surface area contributed by atoms with Crippen LogP contribution in [0.3, 0.4) is 0 Å². The second-order valence-corrected chi connectivity index (χ2v) is 8.12. The van der Waals surface area contributed by atoms with Gasteiger partial charge in [-0.15, -0.1) is 0 Å². The number of carbonyl (C=O) groups excluding carboxylic acids is 3. The molecular weight excluding hydrogens is 384 g/mol. The van der Waals surface area contributed by atoms with Gasteiger partial charge in [0.25, 0.3) is 0 Å². The molecule has 3 aliphatic heterocycles. The molecule has 150 valence electrons. The Hall–Kier alpha value is -2.16. The Morgan fingerprint density at radius 3 is 2.89 bits per heavy atom. The van der Waals surface area contributed by atoms with E-state index in [0.29, 0.717) is 18.1 Å². The van der Waals surface area contributed by atoms with E-state index in [1.54, 1.807) is 6.07 Å². The Bertz CT molecular complexity index is 847. The van der Waals surface area contributed by atoms with E-state index < -0.39 is 23.3 Å². The van der Waals surface area contributed by atoms with Gasteiger partial charge in [-0.3, -0.25) is 19.8 Å². The fourth-order valence-electron chi connectivity index (χ4n) is 4.67. The lowest BCUT2D eigenvalue weighted by atomic mass is 9.67. The number of fused-ring (bicyclic) bond motifs is 4. The first-order chi connectivity index (χ1) is 13.4. The molecule has 0 aromatic heterocycles. The predicted octanol–water partition coefficient (Wildman–Crippen LogP) is -0.689.